The number of benzene rings is 1. The van der Waals surface area contributed by atoms with Crippen molar-refractivity contribution in [2.75, 3.05) is 5.32 Å². The average molecular weight is 371 g/mol. The Bertz CT molecular complexity index is 640. The van der Waals surface area contributed by atoms with Crippen molar-refractivity contribution in [2.24, 2.45) is 0 Å². The van der Waals surface area contributed by atoms with Crippen LogP contribution in [0.2, 0.25) is 5.28 Å². The van der Waals surface area contributed by atoms with Crippen LogP contribution in [0.4, 0.5) is 11.5 Å². The van der Waals surface area contributed by atoms with E-state index in [9.17, 15) is 0 Å². The molecule has 3 rings (SSSR count). The van der Waals surface area contributed by atoms with Gasteiger partial charge in [-0.1, -0.05) is 0 Å². The van der Waals surface area contributed by atoms with Crippen LogP contribution in [0.1, 0.15) is 11.1 Å². The van der Waals surface area contributed by atoms with Crippen LogP contribution >= 0.6 is 11.6 Å². The first kappa shape index (κ1) is 11.9. The first-order valence-electron chi connectivity index (χ1n) is 5.42. The van der Waals surface area contributed by atoms with Gasteiger partial charge >= 0.3 is 121 Å². The zero-order valence-electron chi connectivity index (χ0n) is 9.61. The van der Waals surface area contributed by atoms with Gasteiger partial charge in [-0.05, 0) is 0 Å². The summed E-state index contributed by atoms with van der Waals surface area (Å²) in [6, 6.07) is 6.41. The van der Waals surface area contributed by atoms with E-state index in [-0.39, 0.29) is 26.5 Å². The van der Waals surface area contributed by atoms with Gasteiger partial charge in [0.25, 0.3) is 0 Å². The van der Waals surface area contributed by atoms with E-state index in [4.69, 9.17) is 11.6 Å². The molecule has 1 aliphatic rings. The Hall–Kier alpha value is -1.14. The van der Waals surface area contributed by atoms with Crippen LogP contribution < -0.4 is 26.5 Å². The number of aromatic nitrogens is 2. The maximum atomic E-state index is 5.81. The molecule has 0 bridgehead atoms. The Labute approximate surface area is 121 Å². The summed E-state index contributed by atoms with van der Waals surface area (Å²) in [5.74, 6) is 0.756. The number of anilines is 2. The Morgan fingerprint density at radius 2 is 2.22 bits per heavy atom. The Morgan fingerprint density at radius 3 is 3.11 bits per heavy atom. The number of hydrogen-bond acceptors (Lipinski definition) is 3. The van der Waals surface area contributed by atoms with E-state index in [1.807, 2.05) is 6.92 Å². The molecule has 0 radical (unpaired) electrons. The molecular formula is C13H10ClIN3-. The van der Waals surface area contributed by atoms with E-state index in [0.717, 1.165) is 17.1 Å². The summed E-state index contributed by atoms with van der Waals surface area (Å²) in [5, 5.41) is 3.54. The van der Waals surface area contributed by atoms with Crippen molar-refractivity contribution in [2.45, 2.75) is 6.92 Å². The molecule has 0 unspecified atom stereocenters. The van der Waals surface area contributed by atoms with Gasteiger partial charge in [0.2, 0.25) is 0 Å². The second kappa shape index (κ2) is 4.85. The predicted octanol–water partition coefficient (Wildman–Crippen LogP) is 0.425. The van der Waals surface area contributed by atoms with Gasteiger partial charge < -0.3 is 0 Å². The average Bonchev–Trinajstić information content (AvgIpc) is 2.81. The van der Waals surface area contributed by atoms with Crippen molar-refractivity contribution >= 4 is 29.2 Å². The summed E-state index contributed by atoms with van der Waals surface area (Å²) in [6.07, 6.45) is 3.91. The minimum absolute atomic E-state index is 0.0825. The van der Waals surface area contributed by atoms with E-state index >= 15 is 0 Å². The van der Waals surface area contributed by atoms with Gasteiger partial charge in [0.05, 0.1) is 0 Å². The van der Waals surface area contributed by atoms with Gasteiger partial charge in [0.1, 0.15) is 0 Å². The van der Waals surface area contributed by atoms with Crippen LogP contribution in [-0.4, -0.2) is 9.97 Å². The fraction of sp³-hybridized carbons (Fsp3) is 0.0769. The van der Waals surface area contributed by atoms with Gasteiger partial charge in [-0.15, -0.1) is 0 Å². The molecule has 3 nitrogen and oxygen atoms in total. The fourth-order valence-electron chi connectivity index (χ4n) is 1.70. The number of hydrogen-bond donors (Lipinski definition) is 1. The molecule has 1 N–H and O–H groups in total. The molecule has 92 valence electrons. The van der Waals surface area contributed by atoms with E-state index in [1.165, 1.54) is 9.13 Å². The third kappa shape index (κ3) is 2.35. The van der Waals surface area contributed by atoms with Crippen LogP contribution in [0, 0.1) is 10.5 Å². The summed E-state index contributed by atoms with van der Waals surface area (Å²) in [6.45, 7) is 1.96. The molecule has 5 heteroatoms. The van der Waals surface area contributed by atoms with Gasteiger partial charge in [-0.3, -0.25) is 0 Å². The minimum atomic E-state index is 0.0825. The van der Waals surface area contributed by atoms with Crippen molar-refractivity contribution in [3.8, 4) is 0 Å². The number of nitrogens with one attached hydrogen (secondary N) is 1. The second-order valence-electron chi connectivity index (χ2n) is 3.93. The number of aryl methyl sites for hydroxylation is 1. The maximum absolute atomic E-state index is 5.81. The van der Waals surface area contributed by atoms with Gasteiger partial charge in [0, 0.05) is 0 Å². The molecule has 1 aromatic heterocycles. The number of nitrogens with zero attached hydrogens (tertiary/aromatic N) is 2. The molecule has 18 heavy (non-hydrogen) atoms. The van der Waals surface area contributed by atoms with Crippen molar-refractivity contribution in [3.63, 3.8) is 0 Å². The molecule has 0 amide bonds. The molecule has 0 spiro atoms. The van der Waals surface area contributed by atoms with Crippen molar-refractivity contribution in [1.29, 1.82) is 0 Å². The number of fused-ring (bicyclic) bond motifs is 1. The zero-order valence-corrected chi connectivity index (χ0v) is 12.5. The Kier molecular flexibility index (Phi) is 3.22. The summed E-state index contributed by atoms with van der Waals surface area (Å²) < 4.78 is 3.75. The number of halogens is 2. The van der Waals surface area contributed by atoms with Crippen molar-refractivity contribution < 1.29 is 21.2 Å². The summed E-state index contributed by atoms with van der Waals surface area (Å²) in [4.78, 5) is 8.14. The first-order chi connectivity index (χ1) is 8.72. The Balaban J connectivity index is 1.92. The summed E-state index contributed by atoms with van der Waals surface area (Å²) in [5.41, 5.74) is 3.32. The molecule has 1 aromatic carbocycles. The van der Waals surface area contributed by atoms with Crippen LogP contribution in [0.25, 0.3) is 6.08 Å². The SMILES string of the molecule is Cc1cnc(Cl)nc1Nc1ccc2c(c1)C=C[I-]2. The van der Waals surface area contributed by atoms with Crippen molar-refractivity contribution in [1.82, 2.24) is 9.97 Å². The molecule has 0 atom stereocenters. The Morgan fingerprint density at radius 1 is 1.33 bits per heavy atom. The predicted molar refractivity (Wildman–Crippen MR) is 69.2 cm³/mol. The third-order valence-corrected chi connectivity index (χ3v) is 5.18. The molecule has 0 fully saturated rings. The normalized spacial score (nSPS) is 13.0. The first-order valence-corrected chi connectivity index (χ1v) is 8.13. The van der Waals surface area contributed by atoms with Gasteiger partial charge in [-0.25, -0.2) is 0 Å². The van der Waals surface area contributed by atoms with Crippen molar-refractivity contribution in [3.05, 3.63) is 48.5 Å². The van der Waals surface area contributed by atoms with Crippen LogP contribution in [0.5, 0.6) is 0 Å². The molecule has 1 aliphatic heterocycles. The van der Waals surface area contributed by atoms with Gasteiger partial charge in [-0.2, -0.15) is 0 Å². The molecule has 0 saturated carbocycles. The summed E-state index contributed by atoms with van der Waals surface area (Å²) >= 11 is 5.89. The van der Waals surface area contributed by atoms with Crippen LogP contribution in [0.15, 0.2) is 28.5 Å². The fourth-order valence-corrected chi connectivity index (χ4v) is 3.87. The standard InChI is InChI=1S/C13H10ClIN3/c1-8-7-16-13(14)18-12(8)17-10-2-3-11-9(6-10)4-5-15-11/h2-7H,1H3,(H,16,17,18)/q-1. The second-order valence-corrected chi connectivity index (χ2v) is 6.78. The van der Waals surface area contributed by atoms with Crippen LogP contribution in [0.3, 0.4) is 0 Å². The van der Waals surface area contributed by atoms with E-state index in [0.29, 0.717) is 0 Å². The molecule has 2 heterocycles. The third-order valence-electron chi connectivity index (χ3n) is 2.62. The molecule has 0 saturated heterocycles. The molecule has 2 aromatic rings. The molecule has 0 aliphatic carbocycles. The topological polar surface area (TPSA) is 37.8 Å². The summed E-state index contributed by atoms with van der Waals surface area (Å²) in [7, 11) is 0. The van der Waals surface area contributed by atoms with E-state index in [1.54, 1.807) is 6.20 Å². The number of rotatable bonds is 2. The quantitative estimate of drug-likeness (QED) is 0.615. The van der Waals surface area contributed by atoms with E-state index < -0.39 is 0 Å². The zero-order chi connectivity index (χ0) is 12.5. The van der Waals surface area contributed by atoms with E-state index in [2.05, 4.69) is 43.6 Å². The van der Waals surface area contributed by atoms with Gasteiger partial charge in [0.15, 0.2) is 0 Å². The monoisotopic (exact) mass is 370 g/mol. The molecular weight excluding hydrogens is 361 g/mol. The van der Waals surface area contributed by atoms with Crippen LogP contribution in [-0.2, 0) is 0 Å².